The van der Waals surface area contributed by atoms with E-state index in [0.29, 0.717) is 57.1 Å². The van der Waals surface area contributed by atoms with Gasteiger partial charge in [0.25, 0.3) is 5.91 Å². The standard InChI is InChI=1S/C39H34N2O8/c1-47-30-15-17-32(18-16-30)49-22-34(43)25-4-2-3-24(19-25)33(42)21-48-31-13-9-28(10-14-31)40-37(44)23-7-11-29(12-8-23)41-38(45)35-26-5-6-27(20-26)36(35)39(41)46/h2-4,7-19,26-27,35-36H,5-6,20-22H2,1H3,(H,40,44). The molecule has 0 spiro atoms. The number of hydrogen-bond donors (Lipinski definition) is 1. The van der Waals surface area contributed by atoms with Crippen molar-refractivity contribution in [2.75, 3.05) is 30.5 Å². The number of Topliss-reactive ketones (excluding diaryl/α,β-unsaturated/α-hetero) is 2. The molecule has 2 bridgehead atoms. The molecule has 3 amide bonds. The molecule has 49 heavy (non-hydrogen) atoms. The zero-order valence-electron chi connectivity index (χ0n) is 26.8. The van der Waals surface area contributed by atoms with Crippen LogP contribution in [0.4, 0.5) is 11.4 Å². The predicted molar refractivity (Wildman–Crippen MR) is 180 cm³/mol. The van der Waals surface area contributed by atoms with Gasteiger partial charge in [0.1, 0.15) is 17.2 Å². The Morgan fingerprint density at radius 2 is 1.18 bits per heavy atom. The lowest BCUT2D eigenvalue weighted by atomic mass is 9.81. The fourth-order valence-electron chi connectivity index (χ4n) is 7.27. The van der Waals surface area contributed by atoms with Gasteiger partial charge in [0.05, 0.1) is 24.6 Å². The van der Waals surface area contributed by atoms with Gasteiger partial charge in [0.2, 0.25) is 11.8 Å². The number of rotatable bonds is 12. The molecule has 0 radical (unpaired) electrons. The van der Waals surface area contributed by atoms with Crippen LogP contribution in [0.5, 0.6) is 17.2 Å². The maximum atomic E-state index is 13.1. The van der Waals surface area contributed by atoms with Crippen LogP contribution in [0.15, 0.2) is 97.1 Å². The molecule has 10 nitrogen and oxygen atoms in total. The summed E-state index contributed by atoms with van der Waals surface area (Å²) in [4.78, 5) is 66.0. The lowest BCUT2D eigenvalue weighted by Gasteiger charge is -2.19. The number of nitrogens with one attached hydrogen (secondary N) is 1. The average Bonchev–Trinajstić information content (AvgIpc) is 3.83. The molecule has 1 aliphatic heterocycles. The van der Waals surface area contributed by atoms with E-state index < -0.39 is 0 Å². The fourth-order valence-corrected chi connectivity index (χ4v) is 7.27. The average molecular weight is 659 g/mol. The van der Waals surface area contributed by atoms with E-state index >= 15 is 0 Å². The Hall–Kier alpha value is -5.77. The third-order valence-electron chi connectivity index (χ3n) is 9.73. The lowest BCUT2D eigenvalue weighted by Crippen LogP contribution is -2.32. The van der Waals surface area contributed by atoms with Crippen LogP contribution in [0.1, 0.15) is 50.3 Å². The second-order valence-corrected chi connectivity index (χ2v) is 12.6. The van der Waals surface area contributed by atoms with Gasteiger partial charge in [-0.15, -0.1) is 0 Å². The second kappa shape index (κ2) is 13.4. The van der Waals surface area contributed by atoms with Gasteiger partial charge in [0, 0.05) is 22.4 Å². The number of benzene rings is 4. The van der Waals surface area contributed by atoms with E-state index in [4.69, 9.17) is 14.2 Å². The molecule has 4 atom stereocenters. The summed E-state index contributed by atoms with van der Waals surface area (Å²) in [5, 5.41) is 2.82. The van der Waals surface area contributed by atoms with Crippen LogP contribution in [0.2, 0.25) is 0 Å². The number of carbonyl (C=O) groups is 5. The maximum absolute atomic E-state index is 13.1. The number of nitrogens with zero attached hydrogens (tertiary/aromatic N) is 1. The number of ketones is 2. The van der Waals surface area contributed by atoms with Gasteiger partial charge in [0.15, 0.2) is 24.8 Å². The maximum Gasteiger partial charge on any atom is 0.255 e. The Labute approximate surface area is 283 Å². The highest BCUT2D eigenvalue weighted by Gasteiger charge is 2.61. The molecular formula is C39H34N2O8. The highest BCUT2D eigenvalue weighted by Crippen LogP contribution is 2.56. The van der Waals surface area contributed by atoms with E-state index in [9.17, 15) is 24.0 Å². The Balaban J connectivity index is 0.896. The van der Waals surface area contributed by atoms with Gasteiger partial charge in [-0.25, -0.2) is 0 Å². The normalized spacial score (nSPS) is 20.6. The van der Waals surface area contributed by atoms with Gasteiger partial charge < -0.3 is 19.5 Å². The number of amides is 3. The van der Waals surface area contributed by atoms with Crippen LogP contribution in [0.25, 0.3) is 0 Å². The zero-order chi connectivity index (χ0) is 34.1. The SMILES string of the molecule is COc1ccc(OCC(=O)c2cccc(C(=O)COc3ccc(NC(=O)c4ccc(N5C(=O)C6C7CCC(C7)C6C5=O)cc4)cc3)c2)cc1. The van der Waals surface area contributed by atoms with Crippen molar-refractivity contribution >= 4 is 40.7 Å². The number of fused-ring (bicyclic) bond motifs is 5. The number of methoxy groups -OCH3 is 1. The van der Waals surface area contributed by atoms with Crippen molar-refractivity contribution in [1.29, 1.82) is 0 Å². The van der Waals surface area contributed by atoms with E-state index in [2.05, 4.69) is 5.32 Å². The summed E-state index contributed by atoms with van der Waals surface area (Å²) < 4.78 is 16.4. The van der Waals surface area contributed by atoms with E-state index in [1.807, 2.05) is 0 Å². The zero-order valence-corrected chi connectivity index (χ0v) is 26.8. The molecule has 3 fully saturated rings. The smallest absolute Gasteiger partial charge is 0.255 e. The van der Waals surface area contributed by atoms with Crippen molar-refractivity contribution in [2.24, 2.45) is 23.7 Å². The van der Waals surface area contributed by atoms with Crippen molar-refractivity contribution in [3.63, 3.8) is 0 Å². The fraction of sp³-hybridized carbons (Fsp3) is 0.256. The topological polar surface area (TPSA) is 128 Å². The van der Waals surface area contributed by atoms with Crippen LogP contribution in [0, 0.1) is 23.7 Å². The van der Waals surface area contributed by atoms with Crippen LogP contribution < -0.4 is 24.4 Å². The van der Waals surface area contributed by atoms with Gasteiger partial charge in [-0.1, -0.05) is 18.2 Å². The first-order valence-electron chi connectivity index (χ1n) is 16.2. The van der Waals surface area contributed by atoms with E-state index in [1.54, 1.807) is 98.1 Å². The largest absolute Gasteiger partial charge is 0.497 e. The third-order valence-corrected chi connectivity index (χ3v) is 9.73. The molecule has 4 aromatic rings. The number of imide groups is 1. The molecule has 2 saturated carbocycles. The van der Waals surface area contributed by atoms with Gasteiger partial charge in [-0.05, 0) is 110 Å². The van der Waals surface area contributed by atoms with Crippen LogP contribution in [-0.2, 0) is 9.59 Å². The first kappa shape index (κ1) is 31.8. The highest BCUT2D eigenvalue weighted by atomic mass is 16.5. The second-order valence-electron chi connectivity index (χ2n) is 12.6. The van der Waals surface area contributed by atoms with E-state index in [-0.39, 0.29) is 54.3 Å². The minimum Gasteiger partial charge on any atom is -0.497 e. The molecule has 4 aromatic carbocycles. The van der Waals surface area contributed by atoms with Gasteiger partial charge in [-0.3, -0.25) is 28.9 Å². The van der Waals surface area contributed by atoms with Crippen molar-refractivity contribution in [3.8, 4) is 17.2 Å². The van der Waals surface area contributed by atoms with E-state index in [1.165, 1.54) is 11.0 Å². The van der Waals surface area contributed by atoms with Crippen molar-refractivity contribution < 1.29 is 38.2 Å². The van der Waals surface area contributed by atoms with Crippen LogP contribution in [-0.4, -0.2) is 49.6 Å². The number of ether oxygens (including phenoxy) is 3. The van der Waals surface area contributed by atoms with Gasteiger partial charge in [-0.2, -0.15) is 0 Å². The summed E-state index contributed by atoms with van der Waals surface area (Å²) >= 11 is 0. The quantitative estimate of drug-likeness (QED) is 0.145. The number of carbonyl (C=O) groups excluding carboxylic acids is 5. The van der Waals surface area contributed by atoms with Crippen LogP contribution >= 0.6 is 0 Å². The molecule has 0 aromatic heterocycles. The summed E-state index contributed by atoms with van der Waals surface area (Å²) in [6.07, 6.45) is 3.02. The van der Waals surface area contributed by atoms with Crippen molar-refractivity contribution in [1.82, 2.24) is 0 Å². The Morgan fingerprint density at radius 1 is 0.673 bits per heavy atom. The third kappa shape index (κ3) is 6.41. The molecule has 4 unspecified atom stereocenters. The molecule has 2 aliphatic carbocycles. The monoisotopic (exact) mass is 658 g/mol. The van der Waals surface area contributed by atoms with Gasteiger partial charge >= 0.3 is 0 Å². The minimum absolute atomic E-state index is 0.112. The molecule has 1 saturated heterocycles. The first-order chi connectivity index (χ1) is 23.8. The Morgan fingerprint density at radius 3 is 1.71 bits per heavy atom. The molecular weight excluding hydrogens is 624 g/mol. The highest BCUT2D eigenvalue weighted by molar-refractivity contribution is 6.22. The number of hydrogen-bond acceptors (Lipinski definition) is 8. The molecule has 10 heteroatoms. The Kier molecular flexibility index (Phi) is 8.69. The summed E-state index contributed by atoms with van der Waals surface area (Å²) in [5.74, 6) is 0.703. The lowest BCUT2D eigenvalue weighted by molar-refractivity contribution is -0.123. The van der Waals surface area contributed by atoms with Crippen LogP contribution in [0.3, 0.4) is 0 Å². The first-order valence-corrected chi connectivity index (χ1v) is 16.2. The van der Waals surface area contributed by atoms with Crippen molar-refractivity contribution in [2.45, 2.75) is 19.3 Å². The Bertz CT molecular complexity index is 1890. The summed E-state index contributed by atoms with van der Waals surface area (Å²) in [7, 11) is 1.57. The summed E-state index contributed by atoms with van der Waals surface area (Å²) in [6.45, 7) is -0.431. The van der Waals surface area contributed by atoms with E-state index in [0.717, 1.165) is 19.3 Å². The molecule has 3 aliphatic rings. The molecule has 248 valence electrons. The molecule has 1 N–H and O–H groups in total. The summed E-state index contributed by atoms with van der Waals surface area (Å²) in [6, 6.07) is 26.4. The van der Waals surface area contributed by atoms with Crippen molar-refractivity contribution in [3.05, 3.63) is 114 Å². The minimum atomic E-state index is -0.354. The molecule has 7 rings (SSSR count). The number of anilines is 2. The summed E-state index contributed by atoms with van der Waals surface area (Å²) in [5.41, 5.74) is 2.07. The molecule has 1 heterocycles. The predicted octanol–water partition coefficient (Wildman–Crippen LogP) is 6.01.